The number of nitrogens with zero attached hydrogens (tertiary/aromatic N) is 3. The van der Waals surface area contributed by atoms with Crippen molar-refractivity contribution in [2.75, 3.05) is 20.3 Å². The Hall–Kier alpha value is -0.920. The number of fused-ring (bicyclic) bond motifs is 1. The summed E-state index contributed by atoms with van der Waals surface area (Å²) in [4.78, 5) is 4.27. The van der Waals surface area contributed by atoms with E-state index in [1.54, 1.807) is 17.6 Å². The fourth-order valence-electron chi connectivity index (χ4n) is 2.62. The molecule has 106 valence electrons. The summed E-state index contributed by atoms with van der Waals surface area (Å²) in [6.07, 6.45) is 5.22. The highest BCUT2D eigenvalue weighted by Crippen LogP contribution is 2.33. The Kier molecular flexibility index (Phi) is 3.36. The zero-order valence-electron chi connectivity index (χ0n) is 11.0. The Balaban J connectivity index is 1.88. The average Bonchev–Trinajstić information content (AvgIpc) is 3.15. The quantitative estimate of drug-likeness (QED) is 0.806. The van der Waals surface area contributed by atoms with Crippen molar-refractivity contribution in [3.8, 4) is 0 Å². The molecule has 1 aromatic heterocycles. The lowest BCUT2D eigenvalue weighted by atomic mass is 10.1. The molecule has 1 fully saturated rings. The molecule has 0 spiro atoms. The first-order valence-corrected chi connectivity index (χ1v) is 8.09. The number of hydrogen-bond acceptors (Lipinski definition) is 4. The monoisotopic (exact) mass is 285 g/mol. The second-order valence-electron chi connectivity index (χ2n) is 5.35. The van der Waals surface area contributed by atoms with E-state index in [0.717, 1.165) is 25.2 Å². The Morgan fingerprint density at radius 2 is 2.21 bits per heavy atom. The first-order chi connectivity index (χ1) is 9.11. The predicted molar refractivity (Wildman–Crippen MR) is 69.9 cm³/mol. The van der Waals surface area contributed by atoms with Gasteiger partial charge < -0.3 is 9.30 Å². The molecule has 0 aromatic carbocycles. The number of methoxy groups -OCH3 is 1. The van der Waals surface area contributed by atoms with Crippen molar-refractivity contribution < 1.29 is 13.2 Å². The van der Waals surface area contributed by atoms with Gasteiger partial charge in [0.15, 0.2) is 0 Å². The van der Waals surface area contributed by atoms with Gasteiger partial charge in [0.2, 0.25) is 10.0 Å². The van der Waals surface area contributed by atoms with Crippen LogP contribution in [0.25, 0.3) is 0 Å². The van der Waals surface area contributed by atoms with Crippen molar-refractivity contribution in [1.29, 1.82) is 0 Å². The SMILES string of the molecule is COCC1CN(S(=O)(=O)C2CC2)Cc2nccn2C1. The lowest BCUT2D eigenvalue weighted by Gasteiger charge is -2.22. The van der Waals surface area contributed by atoms with E-state index in [-0.39, 0.29) is 11.2 Å². The molecule has 1 saturated carbocycles. The van der Waals surface area contributed by atoms with E-state index in [1.165, 1.54) is 0 Å². The second-order valence-corrected chi connectivity index (χ2v) is 7.57. The highest BCUT2D eigenvalue weighted by molar-refractivity contribution is 7.90. The van der Waals surface area contributed by atoms with Crippen molar-refractivity contribution >= 4 is 10.0 Å². The van der Waals surface area contributed by atoms with E-state index in [2.05, 4.69) is 4.98 Å². The largest absolute Gasteiger partial charge is 0.384 e. The molecule has 0 N–H and O–H groups in total. The molecule has 6 nitrogen and oxygen atoms in total. The van der Waals surface area contributed by atoms with Crippen LogP contribution in [0.4, 0.5) is 0 Å². The van der Waals surface area contributed by atoms with E-state index < -0.39 is 10.0 Å². The zero-order valence-corrected chi connectivity index (χ0v) is 11.8. The topological polar surface area (TPSA) is 64.4 Å². The summed E-state index contributed by atoms with van der Waals surface area (Å²) >= 11 is 0. The van der Waals surface area contributed by atoms with E-state index in [0.29, 0.717) is 19.7 Å². The van der Waals surface area contributed by atoms with Crippen LogP contribution < -0.4 is 0 Å². The Morgan fingerprint density at radius 3 is 2.89 bits per heavy atom. The number of rotatable bonds is 4. The third kappa shape index (κ3) is 2.54. The van der Waals surface area contributed by atoms with Crippen LogP contribution >= 0.6 is 0 Å². The highest BCUT2D eigenvalue weighted by Gasteiger charge is 2.41. The predicted octanol–water partition coefficient (Wildman–Crippen LogP) is 0.453. The number of imidazole rings is 1. The van der Waals surface area contributed by atoms with Crippen LogP contribution in [-0.2, 0) is 27.8 Å². The van der Waals surface area contributed by atoms with Crippen LogP contribution in [0, 0.1) is 5.92 Å². The molecule has 1 unspecified atom stereocenters. The first kappa shape index (κ1) is 13.1. The van der Waals surface area contributed by atoms with Crippen molar-refractivity contribution in [2.24, 2.45) is 5.92 Å². The van der Waals surface area contributed by atoms with Crippen LogP contribution in [-0.4, -0.2) is 47.8 Å². The summed E-state index contributed by atoms with van der Waals surface area (Å²) in [7, 11) is -1.51. The molecule has 2 heterocycles. The molecular weight excluding hydrogens is 266 g/mol. The van der Waals surface area contributed by atoms with Crippen molar-refractivity contribution in [3.05, 3.63) is 18.2 Å². The fourth-order valence-corrected chi connectivity index (χ4v) is 4.48. The Bertz CT molecular complexity index is 550. The van der Waals surface area contributed by atoms with E-state index in [4.69, 9.17) is 4.74 Å². The minimum Gasteiger partial charge on any atom is -0.384 e. The second kappa shape index (κ2) is 4.88. The van der Waals surface area contributed by atoms with Gasteiger partial charge in [0.25, 0.3) is 0 Å². The fraction of sp³-hybridized carbons (Fsp3) is 0.750. The number of sulfonamides is 1. The molecule has 3 rings (SSSR count). The van der Waals surface area contributed by atoms with Gasteiger partial charge >= 0.3 is 0 Å². The van der Waals surface area contributed by atoms with E-state index in [9.17, 15) is 8.42 Å². The van der Waals surface area contributed by atoms with Gasteiger partial charge in [-0.3, -0.25) is 0 Å². The van der Waals surface area contributed by atoms with Crippen LogP contribution in [0.3, 0.4) is 0 Å². The summed E-state index contributed by atoms with van der Waals surface area (Å²) in [6, 6.07) is 0. The zero-order chi connectivity index (χ0) is 13.5. The summed E-state index contributed by atoms with van der Waals surface area (Å²) in [6.45, 7) is 2.23. The van der Waals surface area contributed by atoms with Crippen molar-refractivity contribution in [3.63, 3.8) is 0 Å². The first-order valence-electron chi connectivity index (χ1n) is 6.59. The Labute approximate surface area is 113 Å². The minimum atomic E-state index is -3.16. The molecule has 7 heteroatoms. The molecule has 19 heavy (non-hydrogen) atoms. The molecule has 0 saturated heterocycles. The highest BCUT2D eigenvalue weighted by atomic mass is 32.2. The van der Waals surface area contributed by atoms with Gasteiger partial charge in [0, 0.05) is 38.5 Å². The third-order valence-corrected chi connectivity index (χ3v) is 6.06. The average molecular weight is 285 g/mol. The molecule has 1 atom stereocenters. The summed E-state index contributed by atoms with van der Waals surface area (Å²) in [5, 5.41) is -0.169. The van der Waals surface area contributed by atoms with Crippen molar-refractivity contribution in [1.82, 2.24) is 13.9 Å². The number of ether oxygens (including phenoxy) is 1. The van der Waals surface area contributed by atoms with Gasteiger partial charge in [0.05, 0.1) is 18.4 Å². The van der Waals surface area contributed by atoms with Gasteiger partial charge in [0.1, 0.15) is 5.82 Å². The molecule has 1 aromatic rings. The van der Waals surface area contributed by atoms with Crippen LogP contribution in [0.5, 0.6) is 0 Å². The van der Waals surface area contributed by atoms with Gasteiger partial charge in [-0.15, -0.1) is 0 Å². The maximum Gasteiger partial charge on any atom is 0.217 e. The smallest absolute Gasteiger partial charge is 0.217 e. The number of aromatic nitrogens is 2. The molecule has 0 radical (unpaired) electrons. The molecule has 0 bridgehead atoms. The van der Waals surface area contributed by atoms with E-state index >= 15 is 0 Å². The molecule has 1 aliphatic heterocycles. The molecule has 2 aliphatic rings. The summed E-state index contributed by atoms with van der Waals surface area (Å²) in [5.74, 6) is 0.997. The maximum atomic E-state index is 12.4. The van der Waals surface area contributed by atoms with Gasteiger partial charge in [-0.2, -0.15) is 4.31 Å². The van der Waals surface area contributed by atoms with Crippen LogP contribution in [0.2, 0.25) is 0 Å². The molecule has 1 aliphatic carbocycles. The normalized spacial score (nSPS) is 25.0. The number of hydrogen-bond donors (Lipinski definition) is 0. The van der Waals surface area contributed by atoms with Gasteiger partial charge in [-0.1, -0.05) is 0 Å². The van der Waals surface area contributed by atoms with Crippen molar-refractivity contribution in [2.45, 2.75) is 31.2 Å². The third-order valence-electron chi connectivity index (χ3n) is 3.74. The minimum absolute atomic E-state index is 0.169. The maximum absolute atomic E-state index is 12.4. The van der Waals surface area contributed by atoms with E-state index in [1.807, 2.05) is 10.8 Å². The summed E-state index contributed by atoms with van der Waals surface area (Å²) in [5.41, 5.74) is 0. The molecular formula is C12H19N3O3S. The summed E-state index contributed by atoms with van der Waals surface area (Å²) < 4.78 is 33.7. The lowest BCUT2D eigenvalue weighted by Crippen LogP contribution is -2.37. The lowest BCUT2D eigenvalue weighted by molar-refractivity contribution is 0.135. The van der Waals surface area contributed by atoms with Crippen LogP contribution in [0.1, 0.15) is 18.7 Å². The van der Waals surface area contributed by atoms with Gasteiger partial charge in [-0.05, 0) is 12.8 Å². The van der Waals surface area contributed by atoms with Crippen LogP contribution in [0.15, 0.2) is 12.4 Å². The standard InChI is InChI=1S/C12H19N3O3S/c1-18-9-10-6-14-5-4-13-12(14)8-15(7-10)19(16,17)11-2-3-11/h4-5,10-11H,2-3,6-9H2,1H3. The Morgan fingerprint density at radius 1 is 1.42 bits per heavy atom. The van der Waals surface area contributed by atoms with Gasteiger partial charge in [-0.25, -0.2) is 13.4 Å². The molecule has 0 amide bonds.